The maximum atomic E-state index is 6.20. The first-order valence-electron chi connectivity index (χ1n) is 8.66. The van der Waals surface area contributed by atoms with Gasteiger partial charge in [-0.1, -0.05) is 27.2 Å². The van der Waals surface area contributed by atoms with E-state index in [0.717, 1.165) is 25.0 Å². The first-order chi connectivity index (χ1) is 9.71. The van der Waals surface area contributed by atoms with E-state index < -0.39 is 0 Å². The molecule has 4 unspecified atom stereocenters. The number of rotatable bonds is 7. The van der Waals surface area contributed by atoms with Gasteiger partial charge in [0, 0.05) is 18.4 Å². The fraction of sp³-hybridized carbons (Fsp3) is 1.00. The number of nitrogens with one attached hydrogen (secondary N) is 1. The van der Waals surface area contributed by atoms with Gasteiger partial charge in [-0.2, -0.15) is 11.8 Å². The van der Waals surface area contributed by atoms with Crippen LogP contribution in [-0.2, 0) is 4.74 Å². The van der Waals surface area contributed by atoms with E-state index in [4.69, 9.17) is 4.74 Å². The normalized spacial score (nSPS) is 33.5. The zero-order valence-electron chi connectivity index (χ0n) is 13.6. The van der Waals surface area contributed by atoms with Gasteiger partial charge >= 0.3 is 0 Å². The summed E-state index contributed by atoms with van der Waals surface area (Å²) in [6.07, 6.45) is 7.70. The highest BCUT2D eigenvalue weighted by Crippen LogP contribution is 2.42. The van der Waals surface area contributed by atoms with E-state index in [-0.39, 0.29) is 5.60 Å². The van der Waals surface area contributed by atoms with Gasteiger partial charge in [-0.05, 0) is 56.2 Å². The highest BCUT2D eigenvalue weighted by Gasteiger charge is 2.43. The molecule has 20 heavy (non-hydrogen) atoms. The second-order valence-electron chi connectivity index (χ2n) is 6.83. The molecule has 2 fully saturated rings. The molecule has 1 N–H and O–H groups in total. The van der Waals surface area contributed by atoms with Gasteiger partial charge in [0.05, 0.1) is 5.60 Å². The molecule has 2 nitrogen and oxygen atoms in total. The van der Waals surface area contributed by atoms with Gasteiger partial charge in [0.2, 0.25) is 0 Å². The van der Waals surface area contributed by atoms with Crippen LogP contribution in [0.4, 0.5) is 0 Å². The van der Waals surface area contributed by atoms with Gasteiger partial charge in [-0.3, -0.25) is 0 Å². The highest BCUT2D eigenvalue weighted by atomic mass is 32.2. The number of hydrogen-bond acceptors (Lipinski definition) is 3. The lowest BCUT2D eigenvalue weighted by Crippen LogP contribution is -2.49. The molecular formula is C17H33NOS. The standard InChI is InChI=1S/C17H33NOS/c1-4-6-14(3)16(18-9-5-2)15-7-10-19-17(12-15)8-11-20-13-17/h14-16,18H,4-13H2,1-3H3. The summed E-state index contributed by atoms with van der Waals surface area (Å²) in [5.41, 5.74) is 0.228. The third-order valence-electron chi connectivity index (χ3n) is 5.09. The van der Waals surface area contributed by atoms with Gasteiger partial charge < -0.3 is 10.1 Å². The van der Waals surface area contributed by atoms with E-state index in [0.29, 0.717) is 6.04 Å². The zero-order chi connectivity index (χ0) is 14.4. The van der Waals surface area contributed by atoms with E-state index in [2.05, 4.69) is 37.8 Å². The SMILES string of the molecule is CCCNC(C(C)CCC)C1CCOC2(CCSC2)C1. The molecule has 0 aromatic rings. The summed E-state index contributed by atoms with van der Waals surface area (Å²) in [5, 5.41) is 3.87. The molecular weight excluding hydrogens is 266 g/mol. The van der Waals surface area contributed by atoms with Crippen molar-refractivity contribution in [1.82, 2.24) is 5.32 Å². The maximum Gasteiger partial charge on any atom is 0.0783 e. The van der Waals surface area contributed by atoms with Crippen LogP contribution in [0.5, 0.6) is 0 Å². The van der Waals surface area contributed by atoms with Gasteiger partial charge in [0.15, 0.2) is 0 Å². The van der Waals surface area contributed by atoms with Crippen molar-refractivity contribution in [3.8, 4) is 0 Å². The van der Waals surface area contributed by atoms with Crippen LogP contribution in [-0.4, -0.2) is 36.3 Å². The number of hydrogen-bond donors (Lipinski definition) is 1. The van der Waals surface area contributed by atoms with Crippen LogP contribution in [0.1, 0.15) is 59.3 Å². The van der Waals surface area contributed by atoms with Crippen molar-refractivity contribution in [1.29, 1.82) is 0 Å². The molecule has 4 atom stereocenters. The Morgan fingerprint density at radius 1 is 1.35 bits per heavy atom. The number of thioether (sulfide) groups is 1. The molecule has 0 amide bonds. The molecule has 0 saturated carbocycles. The minimum atomic E-state index is 0.228. The van der Waals surface area contributed by atoms with Gasteiger partial charge in [-0.15, -0.1) is 0 Å². The monoisotopic (exact) mass is 299 g/mol. The summed E-state index contributed by atoms with van der Waals surface area (Å²) < 4.78 is 6.20. The summed E-state index contributed by atoms with van der Waals surface area (Å²) in [7, 11) is 0. The maximum absolute atomic E-state index is 6.20. The van der Waals surface area contributed by atoms with E-state index in [1.165, 1.54) is 50.0 Å². The Kier molecular flexibility index (Phi) is 6.70. The van der Waals surface area contributed by atoms with E-state index >= 15 is 0 Å². The molecule has 2 rings (SSSR count). The van der Waals surface area contributed by atoms with Crippen LogP contribution in [0.15, 0.2) is 0 Å². The minimum Gasteiger partial charge on any atom is -0.374 e. The van der Waals surface area contributed by atoms with E-state index in [9.17, 15) is 0 Å². The molecule has 3 heteroatoms. The molecule has 0 aromatic heterocycles. The Hall–Kier alpha value is 0.270. The molecule has 0 aliphatic carbocycles. The van der Waals surface area contributed by atoms with E-state index in [1.807, 2.05) is 0 Å². The summed E-state index contributed by atoms with van der Waals surface area (Å²) in [6.45, 7) is 9.18. The Bertz CT molecular complexity index is 278. The molecule has 2 aliphatic rings. The van der Waals surface area contributed by atoms with Crippen molar-refractivity contribution in [3.63, 3.8) is 0 Å². The summed E-state index contributed by atoms with van der Waals surface area (Å²) in [4.78, 5) is 0. The van der Waals surface area contributed by atoms with Crippen molar-refractivity contribution in [2.24, 2.45) is 11.8 Å². The Morgan fingerprint density at radius 2 is 2.20 bits per heavy atom. The van der Waals surface area contributed by atoms with Crippen LogP contribution in [0.25, 0.3) is 0 Å². The predicted molar refractivity (Wildman–Crippen MR) is 89.5 cm³/mol. The van der Waals surface area contributed by atoms with Crippen molar-refractivity contribution < 1.29 is 4.74 Å². The summed E-state index contributed by atoms with van der Waals surface area (Å²) >= 11 is 2.08. The van der Waals surface area contributed by atoms with Crippen LogP contribution in [0, 0.1) is 11.8 Å². The van der Waals surface area contributed by atoms with Crippen molar-refractivity contribution in [2.75, 3.05) is 24.7 Å². The average molecular weight is 300 g/mol. The Balaban J connectivity index is 1.99. The topological polar surface area (TPSA) is 21.3 Å². The molecule has 2 aliphatic heterocycles. The smallest absolute Gasteiger partial charge is 0.0783 e. The Morgan fingerprint density at radius 3 is 2.85 bits per heavy atom. The largest absolute Gasteiger partial charge is 0.374 e. The first-order valence-corrected chi connectivity index (χ1v) is 9.81. The summed E-state index contributed by atoms with van der Waals surface area (Å²) in [6, 6.07) is 0.696. The third-order valence-corrected chi connectivity index (χ3v) is 6.32. The average Bonchev–Trinajstić information content (AvgIpc) is 2.87. The van der Waals surface area contributed by atoms with Crippen LogP contribution >= 0.6 is 11.8 Å². The summed E-state index contributed by atoms with van der Waals surface area (Å²) in [5.74, 6) is 4.13. The molecule has 1 spiro atoms. The molecule has 0 bridgehead atoms. The van der Waals surface area contributed by atoms with Crippen LogP contribution < -0.4 is 5.32 Å². The minimum absolute atomic E-state index is 0.228. The fourth-order valence-electron chi connectivity index (χ4n) is 4.01. The van der Waals surface area contributed by atoms with E-state index in [1.54, 1.807) is 0 Å². The van der Waals surface area contributed by atoms with Crippen LogP contribution in [0.3, 0.4) is 0 Å². The fourth-order valence-corrected chi connectivity index (χ4v) is 5.39. The third kappa shape index (κ3) is 4.14. The van der Waals surface area contributed by atoms with Gasteiger partial charge in [0.25, 0.3) is 0 Å². The van der Waals surface area contributed by atoms with Crippen molar-refractivity contribution in [3.05, 3.63) is 0 Å². The second-order valence-corrected chi connectivity index (χ2v) is 7.94. The molecule has 118 valence electrons. The quantitative estimate of drug-likeness (QED) is 0.765. The Labute approximate surface area is 129 Å². The zero-order valence-corrected chi connectivity index (χ0v) is 14.4. The van der Waals surface area contributed by atoms with Gasteiger partial charge in [0.1, 0.15) is 0 Å². The van der Waals surface area contributed by atoms with Crippen molar-refractivity contribution >= 4 is 11.8 Å². The number of ether oxygens (including phenoxy) is 1. The van der Waals surface area contributed by atoms with Gasteiger partial charge in [-0.25, -0.2) is 0 Å². The highest BCUT2D eigenvalue weighted by molar-refractivity contribution is 7.99. The van der Waals surface area contributed by atoms with Crippen LogP contribution in [0.2, 0.25) is 0 Å². The predicted octanol–water partition coefficient (Wildman–Crippen LogP) is 4.09. The lowest BCUT2D eigenvalue weighted by molar-refractivity contribution is -0.0881. The molecule has 2 heterocycles. The second kappa shape index (κ2) is 8.05. The van der Waals surface area contributed by atoms with Crippen molar-refractivity contribution in [2.45, 2.75) is 70.9 Å². The molecule has 0 radical (unpaired) electrons. The molecule has 0 aromatic carbocycles. The lowest BCUT2D eigenvalue weighted by Gasteiger charge is -2.43. The first kappa shape index (κ1) is 16.6. The molecule has 2 saturated heterocycles. The lowest BCUT2D eigenvalue weighted by atomic mass is 9.76.